The van der Waals surface area contributed by atoms with E-state index < -0.39 is 21.8 Å². The number of nitrogens with one attached hydrogen (secondary N) is 1. The third-order valence-electron chi connectivity index (χ3n) is 4.43. The van der Waals surface area contributed by atoms with Crippen molar-refractivity contribution in [2.75, 3.05) is 18.0 Å². The van der Waals surface area contributed by atoms with Crippen molar-refractivity contribution in [3.63, 3.8) is 0 Å². The van der Waals surface area contributed by atoms with Gasteiger partial charge in [-0.2, -0.15) is 0 Å². The first-order valence-electron chi connectivity index (χ1n) is 8.57. The summed E-state index contributed by atoms with van der Waals surface area (Å²) in [6.07, 6.45) is 0.821. The van der Waals surface area contributed by atoms with Crippen molar-refractivity contribution >= 4 is 27.4 Å². The molecule has 1 atom stereocenters. The van der Waals surface area contributed by atoms with Gasteiger partial charge in [-0.15, -0.1) is 0 Å². The summed E-state index contributed by atoms with van der Waals surface area (Å²) in [6, 6.07) is 6.42. The fourth-order valence-electron chi connectivity index (χ4n) is 2.84. The van der Waals surface area contributed by atoms with Crippen LogP contribution in [-0.2, 0) is 19.6 Å². The fourth-order valence-corrected chi connectivity index (χ4v) is 3.96. The maximum atomic E-state index is 12.2. The molecule has 2 rings (SSSR count). The van der Waals surface area contributed by atoms with Crippen LogP contribution >= 0.6 is 0 Å². The van der Waals surface area contributed by atoms with Gasteiger partial charge in [-0.05, 0) is 30.7 Å². The first-order valence-corrected chi connectivity index (χ1v) is 10.1. The zero-order valence-corrected chi connectivity index (χ0v) is 16.0. The lowest BCUT2D eigenvalue weighted by molar-refractivity contribution is -0.125. The van der Waals surface area contributed by atoms with E-state index in [0.717, 1.165) is 18.7 Å². The van der Waals surface area contributed by atoms with E-state index in [2.05, 4.69) is 9.62 Å². The molecular formula is C18H26N2O4S. The van der Waals surface area contributed by atoms with Gasteiger partial charge in [0.05, 0.1) is 4.90 Å². The number of hydrogen-bond donors (Lipinski definition) is 1. The lowest BCUT2D eigenvalue weighted by atomic mass is 9.95. The monoisotopic (exact) mass is 366 g/mol. The van der Waals surface area contributed by atoms with Crippen LogP contribution in [0.15, 0.2) is 29.2 Å². The summed E-state index contributed by atoms with van der Waals surface area (Å²) in [5.41, 5.74) is 0.883. The lowest BCUT2D eigenvalue weighted by Crippen LogP contribution is -2.33. The Labute approximate surface area is 149 Å². The van der Waals surface area contributed by atoms with E-state index in [1.807, 2.05) is 13.8 Å². The number of rotatable bonds is 6. The van der Waals surface area contributed by atoms with Crippen LogP contribution in [0.25, 0.3) is 0 Å². The lowest BCUT2D eigenvalue weighted by Gasteiger charge is -2.19. The summed E-state index contributed by atoms with van der Waals surface area (Å²) >= 11 is 0. The minimum atomic E-state index is -3.85. The topological polar surface area (TPSA) is 83.6 Å². The second-order valence-corrected chi connectivity index (χ2v) is 8.79. The average molecular weight is 366 g/mol. The fraction of sp³-hybridized carbons (Fsp3) is 0.556. The minimum absolute atomic E-state index is 0.0297. The predicted octanol–water partition coefficient (Wildman–Crippen LogP) is 2.20. The molecule has 0 unspecified atom stereocenters. The first kappa shape index (κ1) is 19.4. The molecule has 0 saturated carbocycles. The summed E-state index contributed by atoms with van der Waals surface area (Å²) in [7, 11) is -3.85. The van der Waals surface area contributed by atoms with Crippen LogP contribution in [0, 0.1) is 17.8 Å². The second kappa shape index (κ2) is 7.56. The molecule has 1 N–H and O–H groups in total. The smallest absolute Gasteiger partial charge is 0.264 e. The van der Waals surface area contributed by atoms with Crippen molar-refractivity contribution in [1.29, 1.82) is 0 Å². The highest BCUT2D eigenvalue weighted by molar-refractivity contribution is 7.90. The van der Waals surface area contributed by atoms with E-state index in [9.17, 15) is 18.0 Å². The van der Waals surface area contributed by atoms with E-state index in [4.69, 9.17) is 0 Å². The highest BCUT2D eigenvalue weighted by atomic mass is 32.2. The predicted molar refractivity (Wildman–Crippen MR) is 96.8 cm³/mol. The summed E-state index contributed by atoms with van der Waals surface area (Å²) in [6.45, 7) is 8.53. The zero-order chi connectivity index (χ0) is 18.8. The number of hydrogen-bond acceptors (Lipinski definition) is 5. The van der Waals surface area contributed by atoms with Crippen LogP contribution in [-0.4, -0.2) is 33.2 Å². The Hall–Kier alpha value is -1.89. The van der Waals surface area contributed by atoms with Crippen molar-refractivity contribution in [2.24, 2.45) is 17.8 Å². The third kappa shape index (κ3) is 4.60. The highest BCUT2D eigenvalue weighted by Crippen LogP contribution is 2.27. The van der Waals surface area contributed by atoms with E-state index in [-0.39, 0.29) is 22.5 Å². The van der Waals surface area contributed by atoms with Crippen LogP contribution in [0.1, 0.15) is 34.1 Å². The number of amides is 1. The molecule has 1 aromatic rings. The van der Waals surface area contributed by atoms with E-state index in [1.165, 1.54) is 12.1 Å². The Balaban J connectivity index is 2.08. The van der Waals surface area contributed by atoms with Crippen molar-refractivity contribution in [3.8, 4) is 0 Å². The molecule has 1 aliphatic heterocycles. The maximum Gasteiger partial charge on any atom is 0.264 e. The van der Waals surface area contributed by atoms with Crippen LogP contribution in [0.5, 0.6) is 0 Å². The summed E-state index contributed by atoms with van der Waals surface area (Å²) in [5.74, 6) is -0.596. The van der Waals surface area contributed by atoms with Gasteiger partial charge in [-0.25, -0.2) is 13.1 Å². The number of sulfonamides is 1. The minimum Gasteiger partial charge on any atom is -0.371 e. The van der Waals surface area contributed by atoms with Gasteiger partial charge in [-0.1, -0.05) is 27.7 Å². The molecule has 25 heavy (non-hydrogen) atoms. The molecule has 1 heterocycles. The molecular weight excluding hydrogens is 340 g/mol. The van der Waals surface area contributed by atoms with Crippen molar-refractivity contribution in [1.82, 2.24) is 4.72 Å². The quantitative estimate of drug-likeness (QED) is 0.834. The Morgan fingerprint density at radius 1 is 1.08 bits per heavy atom. The van der Waals surface area contributed by atoms with Crippen LogP contribution in [0.3, 0.4) is 0 Å². The number of carbonyl (C=O) groups is 2. The number of benzene rings is 1. The van der Waals surface area contributed by atoms with E-state index in [1.54, 1.807) is 26.0 Å². The van der Waals surface area contributed by atoms with Gasteiger partial charge in [0.2, 0.25) is 5.91 Å². The van der Waals surface area contributed by atoms with Crippen LogP contribution < -0.4 is 9.62 Å². The molecule has 1 fully saturated rings. The summed E-state index contributed by atoms with van der Waals surface area (Å²) in [4.78, 5) is 25.9. The normalized spacial score (nSPS) is 18.0. The highest BCUT2D eigenvalue weighted by Gasteiger charge is 2.29. The summed E-state index contributed by atoms with van der Waals surface area (Å²) < 4.78 is 26.5. The van der Waals surface area contributed by atoms with Gasteiger partial charge in [0.1, 0.15) is 5.78 Å². The molecule has 6 nitrogen and oxygen atoms in total. The number of anilines is 1. The van der Waals surface area contributed by atoms with E-state index in [0.29, 0.717) is 6.54 Å². The second-order valence-electron chi connectivity index (χ2n) is 7.11. The molecule has 0 bridgehead atoms. The first-order chi connectivity index (χ1) is 11.6. The van der Waals surface area contributed by atoms with Gasteiger partial charge in [0, 0.05) is 36.5 Å². The molecule has 0 spiro atoms. The van der Waals surface area contributed by atoms with Crippen molar-refractivity contribution in [3.05, 3.63) is 24.3 Å². The van der Waals surface area contributed by atoms with Crippen molar-refractivity contribution < 1.29 is 18.0 Å². The van der Waals surface area contributed by atoms with Gasteiger partial charge >= 0.3 is 0 Å². The number of ketones is 1. The molecule has 0 radical (unpaired) electrons. The standard InChI is InChI=1S/C18H26N2O4S/c1-12(2)17(21)14-9-10-20(11-14)15-5-7-16(8-6-15)25(23,24)19-18(22)13(3)4/h5-8,12-14H,9-11H2,1-4H3,(H,19,22)/t14-/m0/s1. The van der Waals surface area contributed by atoms with Gasteiger partial charge < -0.3 is 4.90 Å². The molecule has 1 saturated heterocycles. The Morgan fingerprint density at radius 3 is 2.20 bits per heavy atom. The number of nitrogens with zero attached hydrogens (tertiary/aromatic N) is 1. The maximum absolute atomic E-state index is 12.2. The van der Waals surface area contributed by atoms with Gasteiger partial charge in [0.25, 0.3) is 10.0 Å². The van der Waals surface area contributed by atoms with Gasteiger partial charge in [-0.3, -0.25) is 9.59 Å². The summed E-state index contributed by atoms with van der Waals surface area (Å²) in [5, 5.41) is 0. The Morgan fingerprint density at radius 2 is 1.68 bits per heavy atom. The molecule has 1 aliphatic rings. The third-order valence-corrected chi connectivity index (χ3v) is 5.79. The van der Waals surface area contributed by atoms with Crippen LogP contribution in [0.4, 0.5) is 5.69 Å². The number of Topliss-reactive ketones (excluding diaryl/α,β-unsaturated/α-hetero) is 1. The largest absolute Gasteiger partial charge is 0.371 e. The number of carbonyl (C=O) groups excluding carboxylic acids is 2. The zero-order valence-electron chi connectivity index (χ0n) is 15.2. The Kier molecular flexibility index (Phi) is 5.87. The molecule has 7 heteroatoms. The molecule has 138 valence electrons. The van der Waals surface area contributed by atoms with Gasteiger partial charge in [0.15, 0.2) is 0 Å². The van der Waals surface area contributed by atoms with Crippen molar-refractivity contribution in [2.45, 2.75) is 39.0 Å². The SMILES string of the molecule is CC(C)C(=O)NS(=O)(=O)c1ccc(N2CC[C@H](C(=O)C(C)C)C2)cc1. The molecule has 0 aromatic heterocycles. The van der Waals surface area contributed by atoms with Crippen LogP contribution in [0.2, 0.25) is 0 Å². The average Bonchev–Trinajstić information content (AvgIpc) is 3.03. The molecule has 1 amide bonds. The van der Waals surface area contributed by atoms with E-state index >= 15 is 0 Å². The molecule has 1 aromatic carbocycles. The Bertz CT molecular complexity index is 739. The molecule has 0 aliphatic carbocycles.